The van der Waals surface area contributed by atoms with Crippen molar-refractivity contribution >= 4 is 0 Å². The van der Waals surface area contributed by atoms with Gasteiger partial charge in [0.1, 0.15) is 5.75 Å². The van der Waals surface area contributed by atoms with Crippen molar-refractivity contribution in [1.82, 2.24) is 0 Å². The molecule has 1 nitrogen and oxygen atoms in total. The third-order valence-electron chi connectivity index (χ3n) is 2.87. The molecule has 0 amide bonds. The van der Waals surface area contributed by atoms with E-state index < -0.39 is 11.6 Å². The molecule has 2 aromatic carbocycles. The molecular weight excluding hydrogens is 234 g/mol. The van der Waals surface area contributed by atoms with Crippen molar-refractivity contribution in [3.05, 3.63) is 65.2 Å². The van der Waals surface area contributed by atoms with Crippen LogP contribution < -0.4 is 4.74 Å². The van der Waals surface area contributed by atoms with Crippen LogP contribution in [0.25, 0.3) is 0 Å². The summed E-state index contributed by atoms with van der Waals surface area (Å²) in [5.74, 6) is -0.746. The van der Waals surface area contributed by atoms with Gasteiger partial charge in [-0.1, -0.05) is 24.3 Å². The highest BCUT2D eigenvalue weighted by Gasteiger charge is 2.07. The summed E-state index contributed by atoms with van der Waals surface area (Å²) < 4.78 is 31.5. The first kappa shape index (κ1) is 12.6. The van der Waals surface area contributed by atoms with Crippen LogP contribution in [0.4, 0.5) is 8.78 Å². The number of rotatable bonds is 4. The molecule has 0 unspecified atom stereocenters. The highest BCUT2D eigenvalue weighted by molar-refractivity contribution is 5.28. The fourth-order valence-electron chi connectivity index (χ4n) is 1.81. The van der Waals surface area contributed by atoms with Gasteiger partial charge in [0.25, 0.3) is 0 Å². The molecule has 0 aromatic heterocycles. The maximum absolute atomic E-state index is 13.4. The van der Waals surface area contributed by atoms with Crippen LogP contribution in [0.5, 0.6) is 5.75 Å². The van der Waals surface area contributed by atoms with Crippen LogP contribution in [0.2, 0.25) is 0 Å². The molecule has 3 heteroatoms. The Morgan fingerprint density at radius 3 is 2.33 bits per heavy atom. The Kier molecular flexibility index (Phi) is 3.92. The van der Waals surface area contributed by atoms with Crippen molar-refractivity contribution in [2.24, 2.45) is 0 Å². The molecule has 0 heterocycles. The van der Waals surface area contributed by atoms with Gasteiger partial charge in [0.15, 0.2) is 11.6 Å². The highest BCUT2D eigenvalue weighted by Crippen LogP contribution is 2.16. The van der Waals surface area contributed by atoms with Gasteiger partial charge in [0.2, 0.25) is 0 Å². The van der Waals surface area contributed by atoms with E-state index in [9.17, 15) is 8.78 Å². The number of halogens is 2. The van der Waals surface area contributed by atoms with Gasteiger partial charge < -0.3 is 4.74 Å². The molecule has 0 saturated heterocycles. The van der Waals surface area contributed by atoms with Crippen molar-refractivity contribution in [2.45, 2.75) is 12.8 Å². The lowest BCUT2D eigenvalue weighted by Crippen LogP contribution is -1.97. The van der Waals surface area contributed by atoms with Gasteiger partial charge >= 0.3 is 0 Å². The zero-order valence-electron chi connectivity index (χ0n) is 10.1. The molecule has 18 heavy (non-hydrogen) atoms. The summed E-state index contributed by atoms with van der Waals surface area (Å²) in [4.78, 5) is 0. The van der Waals surface area contributed by atoms with Gasteiger partial charge in [-0.25, -0.2) is 8.78 Å². The molecule has 0 saturated carbocycles. The monoisotopic (exact) mass is 248 g/mol. The van der Waals surface area contributed by atoms with E-state index in [0.29, 0.717) is 18.4 Å². The van der Waals surface area contributed by atoms with Crippen LogP contribution in [0.1, 0.15) is 11.1 Å². The maximum atomic E-state index is 13.4. The van der Waals surface area contributed by atoms with Crippen molar-refractivity contribution in [2.75, 3.05) is 7.11 Å². The predicted molar refractivity (Wildman–Crippen MR) is 66.8 cm³/mol. The average Bonchev–Trinajstić information content (AvgIpc) is 2.41. The molecule has 0 aliphatic heterocycles. The van der Waals surface area contributed by atoms with Gasteiger partial charge in [-0.15, -0.1) is 0 Å². The van der Waals surface area contributed by atoms with Gasteiger partial charge in [-0.3, -0.25) is 0 Å². The minimum Gasteiger partial charge on any atom is -0.497 e. The zero-order chi connectivity index (χ0) is 13.0. The van der Waals surface area contributed by atoms with Crippen LogP contribution >= 0.6 is 0 Å². The van der Waals surface area contributed by atoms with Crippen LogP contribution in [-0.2, 0) is 12.8 Å². The topological polar surface area (TPSA) is 9.23 Å². The van der Waals surface area contributed by atoms with E-state index in [0.717, 1.165) is 17.4 Å². The summed E-state index contributed by atoms with van der Waals surface area (Å²) in [6.45, 7) is 0. The molecule has 2 aromatic rings. The fraction of sp³-hybridized carbons (Fsp3) is 0.200. The van der Waals surface area contributed by atoms with E-state index in [2.05, 4.69) is 0 Å². The summed E-state index contributed by atoms with van der Waals surface area (Å²) in [5.41, 5.74) is 1.48. The summed E-state index contributed by atoms with van der Waals surface area (Å²) >= 11 is 0. The number of ether oxygens (including phenoxy) is 1. The second-order valence-electron chi connectivity index (χ2n) is 4.06. The Hall–Kier alpha value is -1.90. The molecule has 0 radical (unpaired) electrons. The molecule has 0 N–H and O–H groups in total. The number of hydrogen-bond donors (Lipinski definition) is 0. The Labute approximate surface area is 105 Å². The largest absolute Gasteiger partial charge is 0.497 e. The minimum atomic E-state index is -0.790. The molecular formula is C15H14F2O. The second-order valence-corrected chi connectivity index (χ2v) is 4.06. The van der Waals surface area contributed by atoms with Gasteiger partial charge in [0.05, 0.1) is 7.11 Å². The number of hydrogen-bond acceptors (Lipinski definition) is 1. The Bertz CT molecular complexity index is 521. The van der Waals surface area contributed by atoms with Gasteiger partial charge in [0, 0.05) is 0 Å². The standard InChI is InChI=1S/C15H14F2O/c1-18-13-9-6-11(7-10-13)5-8-12-3-2-4-14(16)15(12)17/h2-4,6-7,9-10H,5,8H2,1H3. The van der Waals surface area contributed by atoms with E-state index in [1.165, 1.54) is 6.07 Å². The Balaban J connectivity index is 2.04. The maximum Gasteiger partial charge on any atom is 0.162 e. The van der Waals surface area contributed by atoms with E-state index in [1.807, 2.05) is 24.3 Å². The van der Waals surface area contributed by atoms with Crippen molar-refractivity contribution < 1.29 is 13.5 Å². The zero-order valence-corrected chi connectivity index (χ0v) is 10.1. The van der Waals surface area contributed by atoms with E-state index in [1.54, 1.807) is 13.2 Å². The first-order chi connectivity index (χ1) is 8.70. The van der Waals surface area contributed by atoms with Crippen molar-refractivity contribution in [1.29, 1.82) is 0 Å². The number of benzene rings is 2. The Morgan fingerprint density at radius 2 is 1.67 bits per heavy atom. The van der Waals surface area contributed by atoms with E-state index >= 15 is 0 Å². The summed E-state index contributed by atoms with van der Waals surface area (Å²) in [6, 6.07) is 11.8. The lowest BCUT2D eigenvalue weighted by Gasteiger charge is -2.05. The molecule has 0 spiro atoms. The van der Waals surface area contributed by atoms with E-state index in [-0.39, 0.29) is 0 Å². The SMILES string of the molecule is COc1ccc(CCc2cccc(F)c2F)cc1. The average molecular weight is 248 g/mol. The molecule has 0 atom stereocenters. The third kappa shape index (κ3) is 2.86. The normalized spacial score (nSPS) is 10.4. The number of methoxy groups -OCH3 is 1. The smallest absolute Gasteiger partial charge is 0.162 e. The summed E-state index contributed by atoms with van der Waals surface area (Å²) in [5, 5.41) is 0. The summed E-state index contributed by atoms with van der Waals surface area (Å²) in [7, 11) is 1.61. The lowest BCUT2D eigenvalue weighted by atomic mass is 10.0. The minimum absolute atomic E-state index is 0.408. The molecule has 94 valence electrons. The Morgan fingerprint density at radius 1 is 0.944 bits per heavy atom. The van der Waals surface area contributed by atoms with Crippen LogP contribution in [0.15, 0.2) is 42.5 Å². The highest BCUT2D eigenvalue weighted by atomic mass is 19.2. The third-order valence-corrected chi connectivity index (χ3v) is 2.87. The van der Waals surface area contributed by atoms with Crippen molar-refractivity contribution in [3.63, 3.8) is 0 Å². The number of aryl methyl sites for hydroxylation is 2. The first-order valence-corrected chi connectivity index (χ1v) is 5.76. The molecule has 2 rings (SSSR count). The van der Waals surface area contributed by atoms with Gasteiger partial charge in [-0.2, -0.15) is 0 Å². The molecule has 0 aliphatic carbocycles. The first-order valence-electron chi connectivity index (χ1n) is 5.76. The lowest BCUT2D eigenvalue weighted by molar-refractivity contribution is 0.414. The van der Waals surface area contributed by atoms with Crippen molar-refractivity contribution in [3.8, 4) is 5.75 Å². The second kappa shape index (κ2) is 5.63. The van der Waals surface area contributed by atoms with Crippen LogP contribution in [0.3, 0.4) is 0 Å². The van der Waals surface area contributed by atoms with Crippen LogP contribution in [0, 0.1) is 11.6 Å². The van der Waals surface area contributed by atoms with E-state index in [4.69, 9.17) is 4.74 Å². The van der Waals surface area contributed by atoms with Gasteiger partial charge in [-0.05, 0) is 42.2 Å². The molecule has 0 bridgehead atoms. The molecule has 0 aliphatic rings. The van der Waals surface area contributed by atoms with Crippen LogP contribution in [-0.4, -0.2) is 7.11 Å². The fourth-order valence-corrected chi connectivity index (χ4v) is 1.81. The quantitative estimate of drug-likeness (QED) is 0.800. The summed E-state index contributed by atoms with van der Waals surface area (Å²) in [6.07, 6.45) is 1.15. The molecule has 0 fully saturated rings. The predicted octanol–water partition coefficient (Wildman–Crippen LogP) is 3.76.